The van der Waals surface area contributed by atoms with Crippen LogP contribution in [0.2, 0.25) is 0 Å². The van der Waals surface area contributed by atoms with E-state index >= 15 is 0 Å². The quantitative estimate of drug-likeness (QED) is 0.757. The van der Waals surface area contributed by atoms with Gasteiger partial charge in [0.25, 0.3) is 0 Å². The first-order chi connectivity index (χ1) is 5.20. The highest BCUT2D eigenvalue weighted by atomic mass is 79.9. The zero-order valence-electron chi connectivity index (χ0n) is 6.97. The van der Waals surface area contributed by atoms with Gasteiger partial charge in [-0.3, -0.25) is 0 Å². The number of rotatable bonds is 2. The van der Waals surface area contributed by atoms with Crippen LogP contribution in [0.1, 0.15) is 18.4 Å². The summed E-state index contributed by atoms with van der Waals surface area (Å²) in [4.78, 5) is 4.25. The lowest BCUT2D eigenvalue weighted by molar-refractivity contribution is 0.703. The zero-order chi connectivity index (χ0) is 8.43. The Bertz CT molecular complexity index is 260. The summed E-state index contributed by atoms with van der Waals surface area (Å²) in [7, 11) is 0. The number of hydrogen-bond acceptors (Lipinski definition) is 1. The third-order valence-electron chi connectivity index (χ3n) is 1.68. The van der Waals surface area contributed by atoms with Crippen LogP contribution in [0.25, 0.3) is 0 Å². The molecule has 1 heterocycles. The van der Waals surface area contributed by atoms with E-state index in [2.05, 4.69) is 32.4 Å². The summed E-state index contributed by atoms with van der Waals surface area (Å²) in [5, 5.41) is 0. The van der Waals surface area contributed by atoms with Crippen molar-refractivity contribution in [3.8, 4) is 0 Å². The van der Waals surface area contributed by atoms with E-state index in [4.69, 9.17) is 11.6 Å². The van der Waals surface area contributed by atoms with Gasteiger partial charge in [-0.2, -0.15) is 0 Å². The summed E-state index contributed by atoms with van der Waals surface area (Å²) in [6.45, 7) is 5.03. The molecule has 0 fully saturated rings. The van der Waals surface area contributed by atoms with Crippen molar-refractivity contribution in [1.82, 2.24) is 9.55 Å². The minimum absolute atomic E-state index is 0. The molecule has 0 radical (unpaired) electrons. The highest BCUT2D eigenvalue weighted by molar-refractivity contribution is 9.10. The van der Waals surface area contributed by atoms with Gasteiger partial charge in [0.1, 0.15) is 10.4 Å². The van der Waals surface area contributed by atoms with E-state index in [1.807, 2.05) is 6.92 Å². The van der Waals surface area contributed by atoms with Gasteiger partial charge in [0, 0.05) is 12.2 Å². The van der Waals surface area contributed by atoms with Gasteiger partial charge in [-0.15, -0.1) is 24.0 Å². The van der Waals surface area contributed by atoms with Crippen molar-refractivity contribution in [2.45, 2.75) is 26.3 Å². The molecule has 0 aromatic carbocycles. The Balaban J connectivity index is 0.00000121. The van der Waals surface area contributed by atoms with Gasteiger partial charge < -0.3 is 4.57 Å². The highest BCUT2D eigenvalue weighted by Gasteiger charge is 2.08. The van der Waals surface area contributed by atoms with Crippen LogP contribution >= 0.6 is 39.9 Å². The maximum Gasteiger partial charge on any atom is 0.127 e. The molecule has 0 aliphatic carbocycles. The van der Waals surface area contributed by atoms with Crippen molar-refractivity contribution in [3.63, 3.8) is 0 Å². The maximum atomic E-state index is 5.69. The predicted octanol–water partition coefficient (Wildman–Crippen LogP) is 3.13. The average molecular weight is 274 g/mol. The molecule has 0 unspecified atom stereocenters. The first-order valence-corrected chi connectivity index (χ1v) is 4.81. The third kappa shape index (κ3) is 2.15. The lowest BCUT2D eigenvalue weighted by Gasteiger charge is -2.02. The smallest absolute Gasteiger partial charge is 0.127 e. The standard InChI is InChI=1S/C7H10BrClN2.ClH/c1-3-11-5(2)7(8)10-6(11)4-9;/h3-4H2,1-2H3;1H. The molecule has 0 N–H and O–H groups in total. The molecule has 2 nitrogen and oxygen atoms in total. The minimum Gasteiger partial charge on any atom is -0.330 e. The Labute approximate surface area is 91.9 Å². The lowest BCUT2D eigenvalue weighted by Crippen LogP contribution is -2.01. The maximum absolute atomic E-state index is 5.69. The molecule has 0 bridgehead atoms. The fraction of sp³-hybridized carbons (Fsp3) is 0.571. The molecule has 0 atom stereocenters. The molecule has 1 rings (SSSR count). The monoisotopic (exact) mass is 272 g/mol. The van der Waals surface area contributed by atoms with E-state index in [1.54, 1.807) is 0 Å². The Morgan fingerprint density at radius 1 is 1.58 bits per heavy atom. The largest absolute Gasteiger partial charge is 0.330 e. The van der Waals surface area contributed by atoms with Crippen molar-refractivity contribution in [2.24, 2.45) is 0 Å². The van der Waals surface area contributed by atoms with Crippen molar-refractivity contribution >= 4 is 39.9 Å². The van der Waals surface area contributed by atoms with E-state index in [0.717, 1.165) is 22.7 Å². The molecule has 70 valence electrons. The number of hydrogen-bond donors (Lipinski definition) is 0. The molecule has 0 aliphatic heterocycles. The molecule has 5 heteroatoms. The molecule has 1 aromatic heterocycles. The molecule has 1 aromatic rings. The van der Waals surface area contributed by atoms with Gasteiger partial charge in [0.15, 0.2) is 0 Å². The van der Waals surface area contributed by atoms with Crippen LogP contribution in [0.3, 0.4) is 0 Å². The van der Waals surface area contributed by atoms with Crippen LogP contribution in [0, 0.1) is 6.92 Å². The van der Waals surface area contributed by atoms with E-state index in [9.17, 15) is 0 Å². The number of alkyl halides is 1. The van der Waals surface area contributed by atoms with Gasteiger partial charge >= 0.3 is 0 Å². The molecule has 0 amide bonds. The minimum atomic E-state index is 0. The van der Waals surface area contributed by atoms with Gasteiger partial charge in [-0.25, -0.2) is 4.98 Å². The highest BCUT2D eigenvalue weighted by Crippen LogP contribution is 2.17. The number of imidazole rings is 1. The predicted molar refractivity (Wildman–Crippen MR) is 57.1 cm³/mol. The van der Waals surface area contributed by atoms with Crippen LogP contribution in [0.4, 0.5) is 0 Å². The molecular formula is C7H11BrCl2N2. The van der Waals surface area contributed by atoms with E-state index in [-0.39, 0.29) is 12.4 Å². The topological polar surface area (TPSA) is 17.8 Å². The summed E-state index contributed by atoms with van der Waals surface area (Å²) in [6, 6.07) is 0. The molecule has 0 spiro atoms. The second kappa shape index (κ2) is 5.10. The van der Waals surface area contributed by atoms with E-state index < -0.39 is 0 Å². The average Bonchev–Trinajstić information content (AvgIpc) is 2.28. The van der Waals surface area contributed by atoms with Crippen LogP contribution in [0.15, 0.2) is 4.60 Å². The SMILES string of the molecule is CCn1c(CCl)nc(Br)c1C.Cl. The fourth-order valence-corrected chi connectivity index (χ4v) is 1.70. The van der Waals surface area contributed by atoms with Crippen molar-refractivity contribution in [2.75, 3.05) is 0 Å². The molecule has 0 aliphatic rings. The first-order valence-electron chi connectivity index (χ1n) is 3.48. The number of nitrogens with zero attached hydrogens (tertiary/aromatic N) is 2. The van der Waals surface area contributed by atoms with Crippen LogP contribution in [-0.4, -0.2) is 9.55 Å². The normalized spacial score (nSPS) is 9.67. The van der Waals surface area contributed by atoms with Crippen molar-refractivity contribution in [3.05, 3.63) is 16.1 Å². The van der Waals surface area contributed by atoms with Crippen molar-refractivity contribution < 1.29 is 0 Å². The molecule has 12 heavy (non-hydrogen) atoms. The first kappa shape index (κ1) is 12.3. The van der Waals surface area contributed by atoms with Crippen LogP contribution < -0.4 is 0 Å². The molecule has 0 saturated carbocycles. The van der Waals surface area contributed by atoms with Crippen molar-refractivity contribution in [1.29, 1.82) is 0 Å². The van der Waals surface area contributed by atoms with Gasteiger partial charge in [0.2, 0.25) is 0 Å². The summed E-state index contributed by atoms with van der Waals surface area (Å²) >= 11 is 9.05. The summed E-state index contributed by atoms with van der Waals surface area (Å²) in [6.07, 6.45) is 0. The lowest BCUT2D eigenvalue weighted by atomic mass is 10.5. The second-order valence-corrected chi connectivity index (χ2v) is 3.30. The number of halogens is 3. The molecule has 0 saturated heterocycles. The summed E-state index contributed by atoms with van der Waals surface area (Å²) < 4.78 is 2.99. The van der Waals surface area contributed by atoms with Crippen LogP contribution in [-0.2, 0) is 12.4 Å². The number of aromatic nitrogens is 2. The molecular weight excluding hydrogens is 263 g/mol. The van der Waals surface area contributed by atoms with Crippen LogP contribution in [0.5, 0.6) is 0 Å². The Morgan fingerprint density at radius 3 is 2.50 bits per heavy atom. The third-order valence-corrected chi connectivity index (χ3v) is 2.67. The fourth-order valence-electron chi connectivity index (χ4n) is 1.08. The Kier molecular flexibility index (Phi) is 5.21. The van der Waals surface area contributed by atoms with Gasteiger partial charge in [-0.1, -0.05) is 0 Å². The van der Waals surface area contributed by atoms with E-state index in [1.165, 1.54) is 0 Å². The van der Waals surface area contributed by atoms with Gasteiger partial charge in [0.05, 0.1) is 5.88 Å². The zero-order valence-corrected chi connectivity index (χ0v) is 10.1. The Morgan fingerprint density at radius 2 is 2.17 bits per heavy atom. The second-order valence-electron chi connectivity index (χ2n) is 2.28. The Hall–Kier alpha value is 0.270. The summed E-state index contributed by atoms with van der Waals surface area (Å²) in [5.41, 5.74) is 1.14. The van der Waals surface area contributed by atoms with Gasteiger partial charge in [-0.05, 0) is 29.8 Å². The van der Waals surface area contributed by atoms with E-state index in [0.29, 0.717) is 5.88 Å². The summed E-state index contributed by atoms with van der Waals surface area (Å²) in [5.74, 6) is 1.40.